The average Bonchev–Trinajstić information content (AvgIpc) is 2.38. The molecule has 92 valence electrons. The number of aryl methyl sites for hydroxylation is 1. The van der Waals surface area contributed by atoms with Crippen LogP contribution < -0.4 is 5.73 Å². The molecule has 1 atom stereocenters. The summed E-state index contributed by atoms with van der Waals surface area (Å²) in [5.74, 6) is -0.0459. The van der Waals surface area contributed by atoms with Crippen LogP contribution >= 0.6 is 0 Å². The van der Waals surface area contributed by atoms with Gasteiger partial charge in [0, 0.05) is 25.3 Å². The maximum atomic E-state index is 12.2. The molecule has 0 radical (unpaired) electrons. The quantitative estimate of drug-likeness (QED) is 0.794. The molecule has 0 saturated carbocycles. The summed E-state index contributed by atoms with van der Waals surface area (Å²) in [6.07, 6.45) is -0.0579. The minimum absolute atomic E-state index is 0.0459. The Morgan fingerprint density at radius 1 is 1.65 bits per heavy atom. The number of morpholine rings is 1. The van der Waals surface area contributed by atoms with Crippen LogP contribution in [0.15, 0.2) is 18.2 Å². The van der Waals surface area contributed by atoms with Crippen molar-refractivity contribution in [3.05, 3.63) is 29.6 Å². The topological polar surface area (TPSA) is 68.5 Å². The van der Waals surface area contributed by atoms with Crippen molar-refractivity contribution >= 4 is 5.91 Å². The third-order valence-electron chi connectivity index (χ3n) is 2.80. The standard InChI is InChI=1S/C12H17N3O2/c1-9-3-2-4-11(14-9)12(16)15-5-6-17-10(7-13)8-15/h2-4,10H,5-8,13H2,1H3. The fourth-order valence-electron chi connectivity index (χ4n) is 1.87. The van der Waals surface area contributed by atoms with Crippen molar-refractivity contribution in [1.82, 2.24) is 9.88 Å². The Bertz CT molecular complexity index is 408. The van der Waals surface area contributed by atoms with Gasteiger partial charge in [-0.25, -0.2) is 4.98 Å². The first-order valence-corrected chi connectivity index (χ1v) is 5.75. The largest absolute Gasteiger partial charge is 0.373 e. The molecule has 2 heterocycles. The molecule has 1 amide bonds. The monoisotopic (exact) mass is 235 g/mol. The Morgan fingerprint density at radius 3 is 3.18 bits per heavy atom. The zero-order valence-electron chi connectivity index (χ0n) is 9.93. The summed E-state index contributed by atoms with van der Waals surface area (Å²) in [5, 5.41) is 0. The minimum Gasteiger partial charge on any atom is -0.373 e. The van der Waals surface area contributed by atoms with Gasteiger partial charge in [0.15, 0.2) is 0 Å². The third kappa shape index (κ3) is 2.81. The van der Waals surface area contributed by atoms with Gasteiger partial charge in [-0.1, -0.05) is 6.07 Å². The first-order valence-electron chi connectivity index (χ1n) is 5.75. The van der Waals surface area contributed by atoms with Gasteiger partial charge in [0.2, 0.25) is 0 Å². The van der Waals surface area contributed by atoms with Crippen molar-refractivity contribution < 1.29 is 9.53 Å². The number of carbonyl (C=O) groups excluding carboxylic acids is 1. The molecule has 0 bridgehead atoms. The molecule has 0 aliphatic carbocycles. The zero-order chi connectivity index (χ0) is 12.3. The lowest BCUT2D eigenvalue weighted by Crippen LogP contribution is -2.48. The lowest BCUT2D eigenvalue weighted by Gasteiger charge is -2.32. The van der Waals surface area contributed by atoms with Crippen molar-refractivity contribution in [2.75, 3.05) is 26.2 Å². The van der Waals surface area contributed by atoms with E-state index in [2.05, 4.69) is 4.98 Å². The van der Waals surface area contributed by atoms with Gasteiger partial charge in [0.25, 0.3) is 5.91 Å². The van der Waals surface area contributed by atoms with Crippen LogP contribution in [-0.2, 0) is 4.74 Å². The Hall–Kier alpha value is -1.46. The first-order chi connectivity index (χ1) is 8.20. The number of amides is 1. The van der Waals surface area contributed by atoms with E-state index in [0.29, 0.717) is 31.9 Å². The van der Waals surface area contributed by atoms with Crippen LogP contribution in [0.2, 0.25) is 0 Å². The van der Waals surface area contributed by atoms with Gasteiger partial charge >= 0.3 is 0 Å². The van der Waals surface area contributed by atoms with Crippen molar-refractivity contribution in [3.8, 4) is 0 Å². The highest BCUT2D eigenvalue weighted by atomic mass is 16.5. The summed E-state index contributed by atoms with van der Waals surface area (Å²) >= 11 is 0. The molecule has 1 unspecified atom stereocenters. The van der Waals surface area contributed by atoms with Gasteiger partial charge in [0.1, 0.15) is 5.69 Å². The van der Waals surface area contributed by atoms with Crippen LogP contribution in [-0.4, -0.2) is 48.1 Å². The normalized spacial score (nSPS) is 20.4. The average molecular weight is 235 g/mol. The molecule has 5 heteroatoms. The lowest BCUT2D eigenvalue weighted by molar-refractivity contribution is -0.0169. The predicted octanol–water partition coefficient (Wildman–Crippen LogP) is 0.190. The number of carbonyl (C=O) groups is 1. The van der Waals surface area contributed by atoms with Gasteiger partial charge in [0.05, 0.1) is 12.7 Å². The van der Waals surface area contributed by atoms with E-state index in [0.717, 1.165) is 5.69 Å². The van der Waals surface area contributed by atoms with Gasteiger partial charge in [-0.05, 0) is 19.1 Å². The molecule has 5 nitrogen and oxygen atoms in total. The molecular weight excluding hydrogens is 218 g/mol. The zero-order valence-corrected chi connectivity index (χ0v) is 9.93. The molecule has 1 saturated heterocycles. The van der Waals surface area contributed by atoms with Crippen LogP contribution in [0.25, 0.3) is 0 Å². The second kappa shape index (κ2) is 5.25. The van der Waals surface area contributed by atoms with Crippen LogP contribution in [0.1, 0.15) is 16.2 Å². The maximum Gasteiger partial charge on any atom is 0.272 e. The fraction of sp³-hybridized carbons (Fsp3) is 0.500. The Morgan fingerprint density at radius 2 is 2.47 bits per heavy atom. The SMILES string of the molecule is Cc1cccc(C(=O)N2CCOC(CN)C2)n1. The smallest absolute Gasteiger partial charge is 0.272 e. The lowest BCUT2D eigenvalue weighted by atomic mass is 10.2. The molecule has 0 aromatic carbocycles. The maximum absolute atomic E-state index is 12.2. The highest BCUT2D eigenvalue weighted by molar-refractivity contribution is 5.92. The van der Waals surface area contributed by atoms with Crippen molar-refractivity contribution in [2.45, 2.75) is 13.0 Å². The second-order valence-corrected chi connectivity index (χ2v) is 4.14. The van der Waals surface area contributed by atoms with Crippen LogP contribution in [0.5, 0.6) is 0 Å². The summed E-state index contributed by atoms with van der Waals surface area (Å²) in [7, 11) is 0. The Kier molecular flexibility index (Phi) is 3.71. The molecule has 1 aromatic heterocycles. The molecule has 2 N–H and O–H groups in total. The van der Waals surface area contributed by atoms with Crippen LogP contribution in [0, 0.1) is 6.92 Å². The number of ether oxygens (including phenoxy) is 1. The molecular formula is C12H17N3O2. The molecule has 1 fully saturated rings. The number of hydrogen-bond acceptors (Lipinski definition) is 4. The molecule has 1 aromatic rings. The van der Waals surface area contributed by atoms with Crippen molar-refractivity contribution in [3.63, 3.8) is 0 Å². The van der Waals surface area contributed by atoms with Crippen molar-refractivity contribution in [2.24, 2.45) is 5.73 Å². The van der Waals surface area contributed by atoms with E-state index in [1.165, 1.54) is 0 Å². The number of aromatic nitrogens is 1. The number of nitrogens with two attached hydrogens (primary N) is 1. The van der Waals surface area contributed by atoms with Gasteiger partial charge in [-0.2, -0.15) is 0 Å². The summed E-state index contributed by atoms with van der Waals surface area (Å²) < 4.78 is 5.43. The van der Waals surface area contributed by atoms with E-state index in [9.17, 15) is 4.79 Å². The van der Waals surface area contributed by atoms with Crippen LogP contribution in [0.4, 0.5) is 0 Å². The molecule has 1 aliphatic rings. The number of pyridine rings is 1. The van der Waals surface area contributed by atoms with Gasteiger partial charge in [-0.15, -0.1) is 0 Å². The van der Waals surface area contributed by atoms with Crippen molar-refractivity contribution in [1.29, 1.82) is 0 Å². The van der Waals surface area contributed by atoms with E-state index in [1.54, 1.807) is 11.0 Å². The van der Waals surface area contributed by atoms with Crippen LogP contribution in [0.3, 0.4) is 0 Å². The Balaban J connectivity index is 2.09. The molecule has 17 heavy (non-hydrogen) atoms. The number of hydrogen-bond donors (Lipinski definition) is 1. The highest BCUT2D eigenvalue weighted by Gasteiger charge is 2.24. The van der Waals surface area contributed by atoms with E-state index >= 15 is 0 Å². The molecule has 1 aliphatic heterocycles. The molecule has 0 spiro atoms. The van der Waals surface area contributed by atoms with E-state index < -0.39 is 0 Å². The highest BCUT2D eigenvalue weighted by Crippen LogP contribution is 2.09. The summed E-state index contributed by atoms with van der Waals surface area (Å²) in [5.41, 5.74) is 6.89. The molecule has 2 rings (SSSR count). The fourth-order valence-corrected chi connectivity index (χ4v) is 1.87. The van der Waals surface area contributed by atoms with E-state index in [4.69, 9.17) is 10.5 Å². The summed E-state index contributed by atoms with van der Waals surface area (Å²) in [6.45, 7) is 4.00. The first kappa shape index (κ1) is 12.0. The predicted molar refractivity (Wildman–Crippen MR) is 63.7 cm³/mol. The second-order valence-electron chi connectivity index (χ2n) is 4.14. The Labute approximate surface area is 101 Å². The number of rotatable bonds is 2. The van der Waals surface area contributed by atoms with E-state index in [-0.39, 0.29) is 12.0 Å². The number of nitrogens with zero attached hydrogens (tertiary/aromatic N) is 2. The van der Waals surface area contributed by atoms with Gasteiger partial charge < -0.3 is 15.4 Å². The summed E-state index contributed by atoms with van der Waals surface area (Å²) in [6, 6.07) is 5.46. The van der Waals surface area contributed by atoms with Gasteiger partial charge in [-0.3, -0.25) is 4.79 Å². The minimum atomic E-state index is -0.0579. The summed E-state index contributed by atoms with van der Waals surface area (Å²) in [4.78, 5) is 18.2. The third-order valence-corrected chi connectivity index (χ3v) is 2.80. The van der Waals surface area contributed by atoms with E-state index in [1.807, 2.05) is 19.1 Å².